The van der Waals surface area contributed by atoms with Gasteiger partial charge in [-0.1, -0.05) is 6.08 Å². The predicted molar refractivity (Wildman–Crippen MR) is 52.3 cm³/mol. The number of thioether (sulfide) groups is 1. The third-order valence-electron chi connectivity index (χ3n) is 1.46. The Balaban J connectivity index is 3.43. The normalized spacial score (nSPS) is 15.2. The first-order valence-electron chi connectivity index (χ1n) is 3.80. The molecule has 0 bridgehead atoms. The van der Waals surface area contributed by atoms with Gasteiger partial charge in [0.15, 0.2) is 0 Å². The molecule has 0 saturated heterocycles. The molecule has 0 saturated carbocycles. The van der Waals surface area contributed by atoms with Crippen molar-refractivity contribution < 1.29 is 9.90 Å². The van der Waals surface area contributed by atoms with E-state index in [-0.39, 0.29) is 0 Å². The topological polar surface area (TPSA) is 63.3 Å². The van der Waals surface area contributed by atoms with Gasteiger partial charge in [0.1, 0.15) is 6.04 Å². The highest BCUT2D eigenvalue weighted by molar-refractivity contribution is 8.00. The van der Waals surface area contributed by atoms with Gasteiger partial charge < -0.3 is 10.8 Å². The van der Waals surface area contributed by atoms with Crippen LogP contribution in [0.5, 0.6) is 0 Å². The van der Waals surface area contributed by atoms with Gasteiger partial charge in [-0.2, -0.15) is 11.8 Å². The molecule has 0 fully saturated rings. The number of carboxylic acid groups (broad SMARTS) is 1. The van der Waals surface area contributed by atoms with Gasteiger partial charge in [0, 0.05) is 5.25 Å². The maximum atomic E-state index is 10.3. The van der Waals surface area contributed by atoms with Crippen LogP contribution < -0.4 is 5.73 Å². The third-order valence-corrected chi connectivity index (χ3v) is 2.65. The second-order valence-corrected chi connectivity index (χ2v) is 4.03. The van der Waals surface area contributed by atoms with Gasteiger partial charge in [-0.05, 0) is 19.1 Å². The lowest BCUT2D eigenvalue weighted by Gasteiger charge is -2.07. The quantitative estimate of drug-likeness (QED) is 0.614. The van der Waals surface area contributed by atoms with E-state index in [2.05, 4.69) is 6.58 Å². The van der Waals surface area contributed by atoms with Crippen LogP contribution in [0.1, 0.15) is 13.3 Å². The lowest BCUT2D eigenvalue weighted by molar-refractivity contribution is -0.138. The fourth-order valence-corrected chi connectivity index (χ4v) is 1.47. The van der Waals surface area contributed by atoms with Gasteiger partial charge >= 0.3 is 5.97 Å². The Hall–Kier alpha value is -0.480. The van der Waals surface area contributed by atoms with Crippen molar-refractivity contribution in [2.24, 2.45) is 5.73 Å². The van der Waals surface area contributed by atoms with Crippen molar-refractivity contribution in [1.29, 1.82) is 0 Å². The van der Waals surface area contributed by atoms with E-state index in [0.717, 1.165) is 5.75 Å². The minimum absolute atomic E-state index is 0.367. The summed E-state index contributed by atoms with van der Waals surface area (Å²) in [4.78, 5) is 10.3. The summed E-state index contributed by atoms with van der Waals surface area (Å²) in [6, 6.07) is -0.727. The Bertz CT molecular complexity index is 161. The molecule has 0 aliphatic heterocycles. The molecule has 12 heavy (non-hydrogen) atoms. The zero-order chi connectivity index (χ0) is 9.56. The van der Waals surface area contributed by atoms with Gasteiger partial charge in [-0.15, -0.1) is 6.58 Å². The van der Waals surface area contributed by atoms with Gasteiger partial charge in [0.2, 0.25) is 0 Å². The van der Waals surface area contributed by atoms with Gasteiger partial charge in [0.25, 0.3) is 0 Å². The Morgan fingerprint density at radius 3 is 2.83 bits per heavy atom. The summed E-state index contributed by atoms with van der Waals surface area (Å²) >= 11 is 1.66. The number of carboxylic acids is 1. The second-order valence-electron chi connectivity index (χ2n) is 2.55. The summed E-state index contributed by atoms with van der Waals surface area (Å²) in [6.07, 6.45) is 2.34. The molecular formula is C8H15NO2S. The molecule has 0 aromatic carbocycles. The molecule has 0 amide bonds. The largest absolute Gasteiger partial charge is 0.480 e. The number of nitrogens with two attached hydrogens (primary N) is 1. The Morgan fingerprint density at radius 1 is 1.83 bits per heavy atom. The fourth-order valence-electron chi connectivity index (χ4n) is 0.572. The van der Waals surface area contributed by atoms with E-state index in [4.69, 9.17) is 10.8 Å². The zero-order valence-electron chi connectivity index (χ0n) is 7.19. The molecule has 3 nitrogen and oxygen atoms in total. The van der Waals surface area contributed by atoms with Crippen LogP contribution in [0.25, 0.3) is 0 Å². The van der Waals surface area contributed by atoms with Crippen molar-refractivity contribution in [3.05, 3.63) is 12.7 Å². The molecule has 2 atom stereocenters. The van der Waals surface area contributed by atoms with Crippen LogP contribution in [0.2, 0.25) is 0 Å². The van der Waals surface area contributed by atoms with E-state index in [1.165, 1.54) is 0 Å². The average Bonchev–Trinajstić information content (AvgIpc) is 2.03. The summed E-state index contributed by atoms with van der Waals surface area (Å²) in [5.41, 5.74) is 5.31. The molecule has 0 aromatic heterocycles. The fraction of sp³-hybridized carbons (Fsp3) is 0.625. The van der Waals surface area contributed by atoms with Crippen LogP contribution in [-0.2, 0) is 4.79 Å². The monoisotopic (exact) mass is 189 g/mol. The number of carbonyl (C=O) groups is 1. The van der Waals surface area contributed by atoms with E-state index in [1.54, 1.807) is 11.8 Å². The standard InChI is InChI=1S/C8H15NO2S/c1-3-6(2)12-5-4-7(9)8(10)11/h3,6-7H,1,4-5,9H2,2H3,(H,10,11). The van der Waals surface area contributed by atoms with Crippen molar-refractivity contribution in [3.8, 4) is 0 Å². The Morgan fingerprint density at radius 2 is 2.42 bits per heavy atom. The number of rotatable bonds is 6. The molecule has 3 N–H and O–H groups in total. The third kappa shape index (κ3) is 5.21. The average molecular weight is 189 g/mol. The lowest BCUT2D eigenvalue weighted by Crippen LogP contribution is -2.30. The highest BCUT2D eigenvalue weighted by Crippen LogP contribution is 2.12. The zero-order valence-corrected chi connectivity index (χ0v) is 8.01. The second kappa shape index (κ2) is 6.08. The van der Waals surface area contributed by atoms with Crippen LogP contribution in [0.15, 0.2) is 12.7 Å². The Kier molecular flexibility index (Phi) is 5.84. The molecule has 0 aliphatic rings. The maximum Gasteiger partial charge on any atom is 0.320 e. The SMILES string of the molecule is C=CC(C)SCCC(N)C(=O)O. The molecule has 0 heterocycles. The highest BCUT2D eigenvalue weighted by atomic mass is 32.2. The summed E-state index contributed by atoms with van der Waals surface area (Å²) in [5, 5.41) is 8.82. The number of hydrogen-bond acceptors (Lipinski definition) is 3. The van der Waals surface area contributed by atoms with Crippen LogP contribution in [-0.4, -0.2) is 28.1 Å². The van der Waals surface area contributed by atoms with Crippen LogP contribution in [0.4, 0.5) is 0 Å². The van der Waals surface area contributed by atoms with Crippen LogP contribution >= 0.6 is 11.8 Å². The van der Waals surface area contributed by atoms with E-state index in [9.17, 15) is 4.79 Å². The molecule has 0 rings (SSSR count). The van der Waals surface area contributed by atoms with Crippen molar-refractivity contribution in [2.75, 3.05) is 5.75 Å². The number of hydrogen-bond donors (Lipinski definition) is 2. The molecule has 0 spiro atoms. The van der Waals surface area contributed by atoms with Crippen molar-refractivity contribution in [1.82, 2.24) is 0 Å². The molecule has 0 aromatic rings. The molecule has 0 radical (unpaired) electrons. The van der Waals surface area contributed by atoms with Crippen LogP contribution in [0, 0.1) is 0 Å². The molecule has 0 aliphatic carbocycles. The molecule has 4 heteroatoms. The minimum Gasteiger partial charge on any atom is -0.480 e. The van der Waals surface area contributed by atoms with Crippen molar-refractivity contribution >= 4 is 17.7 Å². The van der Waals surface area contributed by atoms with E-state index < -0.39 is 12.0 Å². The van der Waals surface area contributed by atoms with Gasteiger partial charge in [0.05, 0.1) is 0 Å². The van der Waals surface area contributed by atoms with E-state index in [0.29, 0.717) is 11.7 Å². The molecule has 2 unspecified atom stereocenters. The lowest BCUT2D eigenvalue weighted by atomic mass is 10.2. The first-order chi connectivity index (χ1) is 5.57. The summed E-state index contributed by atoms with van der Waals surface area (Å²) in [7, 11) is 0. The van der Waals surface area contributed by atoms with Crippen LogP contribution in [0.3, 0.4) is 0 Å². The highest BCUT2D eigenvalue weighted by Gasteiger charge is 2.10. The summed E-state index contributed by atoms with van der Waals surface area (Å²) in [6.45, 7) is 5.64. The maximum absolute atomic E-state index is 10.3. The first-order valence-corrected chi connectivity index (χ1v) is 4.85. The first kappa shape index (κ1) is 11.5. The van der Waals surface area contributed by atoms with E-state index >= 15 is 0 Å². The Labute approximate surface area is 77.0 Å². The van der Waals surface area contributed by atoms with Crippen molar-refractivity contribution in [2.45, 2.75) is 24.6 Å². The van der Waals surface area contributed by atoms with Gasteiger partial charge in [-0.3, -0.25) is 4.79 Å². The predicted octanol–water partition coefficient (Wildman–Crippen LogP) is 1.10. The summed E-state index contributed by atoms with van der Waals surface area (Å²) in [5.74, 6) is -0.164. The number of aliphatic carboxylic acids is 1. The molecular weight excluding hydrogens is 174 g/mol. The van der Waals surface area contributed by atoms with E-state index in [1.807, 2.05) is 13.0 Å². The van der Waals surface area contributed by atoms with Crippen molar-refractivity contribution in [3.63, 3.8) is 0 Å². The smallest absolute Gasteiger partial charge is 0.320 e. The van der Waals surface area contributed by atoms with Gasteiger partial charge in [-0.25, -0.2) is 0 Å². The molecule has 70 valence electrons. The minimum atomic E-state index is -0.929. The summed E-state index contributed by atoms with van der Waals surface area (Å²) < 4.78 is 0.